The summed E-state index contributed by atoms with van der Waals surface area (Å²) in [4.78, 5) is 21.0. The fraction of sp³-hybridized carbons (Fsp3) is 0.387. The van der Waals surface area contributed by atoms with E-state index in [0.29, 0.717) is 12.4 Å². The van der Waals surface area contributed by atoms with Gasteiger partial charge in [-0.2, -0.15) is 0 Å². The number of aromatic amines is 1. The van der Waals surface area contributed by atoms with Crippen LogP contribution in [0, 0.1) is 5.41 Å². The highest BCUT2D eigenvalue weighted by Gasteiger charge is 2.41. The van der Waals surface area contributed by atoms with E-state index in [-0.39, 0.29) is 12.0 Å². The monoisotopic (exact) mass is 514 g/mol. The molecule has 0 bridgehead atoms. The first kappa shape index (κ1) is 27.2. The number of benzene rings is 2. The molecular formula is C31H38N4O3. The fourth-order valence-electron chi connectivity index (χ4n) is 4.64. The van der Waals surface area contributed by atoms with Crippen molar-refractivity contribution in [1.29, 1.82) is 5.41 Å². The average molecular weight is 515 g/mol. The average Bonchev–Trinajstić information content (AvgIpc) is 3.30. The molecule has 1 aliphatic carbocycles. The molecule has 0 atom stereocenters. The summed E-state index contributed by atoms with van der Waals surface area (Å²) < 4.78 is 10.9. The number of carbonyl (C=O) groups is 1. The van der Waals surface area contributed by atoms with Gasteiger partial charge >= 0.3 is 6.09 Å². The number of nitrogens with one attached hydrogen (secondary N) is 3. The van der Waals surface area contributed by atoms with Crippen LogP contribution in [0.5, 0.6) is 0 Å². The summed E-state index contributed by atoms with van der Waals surface area (Å²) in [5.41, 5.74) is 5.44. The minimum absolute atomic E-state index is 0.150. The Morgan fingerprint density at radius 1 is 1.05 bits per heavy atom. The van der Waals surface area contributed by atoms with Crippen LogP contribution in [0.1, 0.15) is 72.2 Å². The molecule has 0 spiro atoms. The van der Waals surface area contributed by atoms with Gasteiger partial charge in [0.1, 0.15) is 11.4 Å². The van der Waals surface area contributed by atoms with Crippen molar-refractivity contribution < 1.29 is 14.3 Å². The lowest BCUT2D eigenvalue weighted by molar-refractivity contribution is 0.0377. The smallest absolute Gasteiger partial charge is 0.408 e. The highest BCUT2D eigenvalue weighted by Crippen LogP contribution is 2.42. The first-order valence-electron chi connectivity index (χ1n) is 13.2. The van der Waals surface area contributed by atoms with Gasteiger partial charge in [-0.1, -0.05) is 54.6 Å². The quantitative estimate of drug-likeness (QED) is 0.225. The van der Waals surface area contributed by atoms with Gasteiger partial charge in [-0.25, -0.2) is 9.78 Å². The van der Waals surface area contributed by atoms with E-state index in [1.54, 1.807) is 0 Å². The summed E-state index contributed by atoms with van der Waals surface area (Å²) in [7, 11) is 0. The number of hydrogen-bond donors (Lipinski definition) is 3. The lowest BCUT2D eigenvalue weighted by Gasteiger charge is -2.43. The predicted octanol–water partition coefficient (Wildman–Crippen LogP) is 7.45. The van der Waals surface area contributed by atoms with Gasteiger partial charge in [0.25, 0.3) is 0 Å². The third kappa shape index (κ3) is 5.82. The van der Waals surface area contributed by atoms with E-state index in [1.165, 1.54) is 0 Å². The van der Waals surface area contributed by atoms with Crippen LogP contribution < -0.4 is 5.32 Å². The highest BCUT2D eigenvalue weighted by molar-refractivity contribution is 5.98. The van der Waals surface area contributed by atoms with Crippen LogP contribution >= 0.6 is 0 Å². The van der Waals surface area contributed by atoms with E-state index in [1.807, 2.05) is 59.7 Å². The van der Waals surface area contributed by atoms with Gasteiger partial charge in [-0.3, -0.25) is 5.41 Å². The van der Waals surface area contributed by atoms with Crippen LogP contribution in [-0.2, 0) is 15.0 Å². The van der Waals surface area contributed by atoms with E-state index in [4.69, 9.17) is 19.9 Å². The number of imidazole rings is 1. The highest BCUT2D eigenvalue weighted by atomic mass is 16.6. The first-order valence-corrected chi connectivity index (χ1v) is 13.2. The summed E-state index contributed by atoms with van der Waals surface area (Å²) >= 11 is 0. The van der Waals surface area contributed by atoms with Gasteiger partial charge in [0.05, 0.1) is 23.5 Å². The molecule has 4 rings (SSSR count). The molecule has 1 saturated carbocycles. The molecule has 3 N–H and O–H groups in total. The van der Waals surface area contributed by atoms with Crippen molar-refractivity contribution in [3.05, 3.63) is 71.6 Å². The van der Waals surface area contributed by atoms with Gasteiger partial charge < -0.3 is 19.8 Å². The molecular weight excluding hydrogens is 476 g/mol. The van der Waals surface area contributed by atoms with E-state index in [9.17, 15) is 4.79 Å². The summed E-state index contributed by atoms with van der Waals surface area (Å²) in [6.45, 7) is 11.8. The van der Waals surface area contributed by atoms with Crippen molar-refractivity contribution in [2.45, 2.75) is 71.9 Å². The molecule has 1 heterocycles. The number of H-pyrrole nitrogens is 1. The Kier molecular flexibility index (Phi) is 7.76. The Bertz CT molecular complexity index is 1330. The number of rotatable bonds is 7. The van der Waals surface area contributed by atoms with E-state index < -0.39 is 11.1 Å². The number of amides is 1. The number of alkyl carbamates (subject to hydrolysis) is 1. The van der Waals surface area contributed by atoms with Gasteiger partial charge in [0.15, 0.2) is 0 Å². The lowest BCUT2D eigenvalue weighted by Crippen LogP contribution is -2.52. The lowest BCUT2D eigenvalue weighted by atomic mass is 9.71. The summed E-state index contributed by atoms with van der Waals surface area (Å²) in [5.74, 6) is 0.851. The van der Waals surface area contributed by atoms with Crippen molar-refractivity contribution in [3.8, 4) is 22.5 Å². The van der Waals surface area contributed by atoms with Gasteiger partial charge in [-0.05, 0) is 71.9 Å². The summed E-state index contributed by atoms with van der Waals surface area (Å²) in [6, 6.07) is 18.4. The molecule has 2 aromatic carbocycles. The molecule has 3 aromatic rings. The second-order valence-electron chi connectivity index (χ2n) is 10.8. The third-order valence-corrected chi connectivity index (χ3v) is 6.97. The Labute approximate surface area is 225 Å². The topological polar surface area (TPSA) is 100 Å². The molecule has 1 aromatic heterocycles. The first-order chi connectivity index (χ1) is 18.0. The molecule has 1 fully saturated rings. The van der Waals surface area contributed by atoms with Crippen LogP contribution in [-0.4, -0.2) is 34.2 Å². The minimum atomic E-state index is -0.545. The predicted molar refractivity (Wildman–Crippen MR) is 152 cm³/mol. The zero-order valence-electron chi connectivity index (χ0n) is 23.2. The number of aromatic nitrogens is 2. The molecule has 200 valence electrons. The second-order valence-corrected chi connectivity index (χ2v) is 10.8. The van der Waals surface area contributed by atoms with Gasteiger partial charge in [-0.15, -0.1) is 0 Å². The number of ether oxygens (including phenoxy) is 2. The molecule has 1 aliphatic rings. The van der Waals surface area contributed by atoms with Gasteiger partial charge in [0.2, 0.25) is 5.90 Å². The van der Waals surface area contributed by atoms with Crippen molar-refractivity contribution in [3.63, 3.8) is 0 Å². The Hall–Kier alpha value is -3.87. The number of allylic oxidation sites excluding steroid dienone is 1. The normalized spacial score (nSPS) is 15.2. The van der Waals surface area contributed by atoms with Crippen molar-refractivity contribution in [2.75, 3.05) is 6.61 Å². The third-order valence-electron chi connectivity index (χ3n) is 6.97. The molecule has 38 heavy (non-hydrogen) atoms. The second kappa shape index (κ2) is 10.9. The maximum absolute atomic E-state index is 12.6. The zero-order chi connectivity index (χ0) is 27.5. The summed E-state index contributed by atoms with van der Waals surface area (Å²) in [6.07, 6.45) is 2.42. The van der Waals surface area contributed by atoms with Crippen LogP contribution in [0.2, 0.25) is 0 Å². The van der Waals surface area contributed by atoms with E-state index >= 15 is 0 Å². The van der Waals surface area contributed by atoms with Crippen LogP contribution in [0.15, 0.2) is 60.2 Å². The minimum Gasteiger partial charge on any atom is -0.478 e. The standard InChI is InChI=1S/C31H38N4O3/c1-7-37-27(32)20(2)21(3)28-33-25(22-12-9-8-10-13-22)26(34-28)23-14-16-24(17-15-23)31(18-11-19-31)35-29(36)38-30(4,5)6/h8-10,12-17,32H,7,11,18-19H2,1-6H3,(H,33,34)(H,35,36)/b21-20-,32-27?. The number of carbonyl (C=O) groups excluding carboxylic acids is 1. The molecule has 0 unspecified atom stereocenters. The van der Waals surface area contributed by atoms with Gasteiger partial charge in [0, 0.05) is 16.7 Å². The molecule has 7 heteroatoms. The Morgan fingerprint density at radius 3 is 2.26 bits per heavy atom. The Morgan fingerprint density at radius 2 is 1.71 bits per heavy atom. The maximum Gasteiger partial charge on any atom is 0.408 e. The van der Waals surface area contributed by atoms with Crippen molar-refractivity contribution in [2.24, 2.45) is 0 Å². The maximum atomic E-state index is 12.6. The molecule has 0 saturated heterocycles. The van der Waals surface area contributed by atoms with Crippen molar-refractivity contribution >= 4 is 17.6 Å². The largest absolute Gasteiger partial charge is 0.478 e. The molecule has 0 radical (unpaired) electrons. The van der Waals surface area contributed by atoms with Crippen LogP contribution in [0.25, 0.3) is 28.1 Å². The van der Waals surface area contributed by atoms with Crippen LogP contribution in [0.3, 0.4) is 0 Å². The molecule has 1 amide bonds. The SMILES string of the molecule is CCOC(=N)/C(C)=C(/C)c1nc(-c2ccc(C3(NC(=O)OC(C)(C)C)CCC3)cc2)c(-c2ccccc2)[nH]1. The Balaban J connectivity index is 1.69. The van der Waals surface area contributed by atoms with E-state index in [0.717, 1.165) is 58.5 Å². The fourth-order valence-corrected chi connectivity index (χ4v) is 4.64. The number of hydrogen-bond acceptors (Lipinski definition) is 5. The number of nitrogens with zero attached hydrogens (tertiary/aromatic N) is 1. The van der Waals surface area contributed by atoms with Crippen LogP contribution in [0.4, 0.5) is 4.79 Å². The summed E-state index contributed by atoms with van der Waals surface area (Å²) in [5, 5.41) is 11.3. The zero-order valence-corrected chi connectivity index (χ0v) is 23.2. The van der Waals surface area contributed by atoms with Crippen molar-refractivity contribution in [1.82, 2.24) is 15.3 Å². The molecule has 0 aliphatic heterocycles. The molecule has 7 nitrogen and oxygen atoms in total. The van der Waals surface area contributed by atoms with E-state index in [2.05, 4.69) is 46.7 Å².